The molecule has 0 amide bonds. The molecule has 0 saturated carbocycles. The van der Waals surface area contributed by atoms with Crippen LogP contribution in [-0.2, 0) is 36.9 Å². The number of esters is 1. The first-order chi connectivity index (χ1) is 30.5. The number of hydrogen-bond acceptors (Lipinski definition) is 14. The van der Waals surface area contributed by atoms with Crippen LogP contribution < -0.4 is 5.73 Å². The third kappa shape index (κ3) is 14.2. The van der Waals surface area contributed by atoms with Crippen LogP contribution in [0.1, 0.15) is 65.9 Å². The maximum atomic E-state index is 13.9. The second-order valence-corrected chi connectivity index (χ2v) is 19.1. The molecule has 64 heavy (non-hydrogen) atoms. The van der Waals surface area contributed by atoms with Gasteiger partial charge in [0.05, 0.1) is 56.2 Å². The van der Waals surface area contributed by atoms with E-state index in [1.54, 1.807) is 45.0 Å². The maximum absolute atomic E-state index is 13.9. The van der Waals surface area contributed by atoms with Gasteiger partial charge in [0.25, 0.3) is 0 Å². The molecule has 3 aromatic rings. The average Bonchev–Trinajstić information content (AvgIpc) is 3.74. The highest BCUT2D eigenvalue weighted by Gasteiger charge is 2.47. The molecule has 6 N–H and O–H groups in total. The number of benzene rings is 2. The molecular weight excluding hydrogens is 931 g/mol. The summed E-state index contributed by atoms with van der Waals surface area (Å²) >= 11 is 2.29. The lowest BCUT2D eigenvalue weighted by Crippen LogP contribution is -2.63. The zero-order valence-electron chi connectivity index (χ0n) is 38.2. The Morgan fingerprint density at radius 2 is 1.75 bits per heavy atom. The molecule has 2 aromatic carbocycles. The maximum Gasteiger partial charge on any atom is 0.308 e. The van der Waals surface area contributed by atoms with Gasteiger partial charge in [-0.25, -0.2) is 0 Å². The largest absolute Gasteiger partial charge is 0.462 e. The number of nitrogens with zero attached hydrogens (tertiary/aromatic N) is 5. The highest BCUT2D eigenvalue weighted by molar-refractivity contribution is 14.1. The third-order valence-corrected chi connectivity index (χ3v) is 13.4. The summed E-state index contributed by atoms with van der Waals surface area (Å²) in [4.78, 5) is 31.5. The number of anilines is 1. The fourth-order valence-electron chi connectivity index (χ4n) is 8.81. The molecule has 2 aliphatic rings. The summed E-state index contributed by atoms with van der Waals surface area (Å²) in [5.74, 6) is -2.86. The number of nitrogen functional groups attached to an aromatic ring is 1. The van der Waals surface area contributed by atoms with Gasteiger partial charge in [-0.1, -0.05) is 68.0 Å². The van der Waals surface area contributed by atoms with Crippen molar-refractivity contribution in [3.05, 3.63) is 87.7 Å². The van der Waals surface area contributed by atoms with Crippen LogP contribution in [0.15, 0.2) is 78.5 Å². The van der Waals surface area contributed by atoms with Gasteiger partial charge in [0.1, 0.15) is 17.9 Å². The van der Waals surface area contributed by atoms with Crippen LogP contribution in [0.3, 0.4) is 0 Å². The highest BCUT2D eigenvalue weighted by atomic mass is 127. The van der Waals surface area contributed by atoms with Gasteiger partial charge in [0.2, 0.25) is 0 Å². The molecule has 5 rings (SSSR count). The van der Waals surface area contributed by atoms with E-state index in [0.717, 1.165) is 20.3 Å². The number of likely N-dealkylation sites (N-methyl/N-ethyl adjacent to an activating group) is 1. The number of hydrogen-bond donors (Lipinski definition) is 5. The summed E-state index contributed by atoms with van der Waals surface area (Å²) in [5.41, 5.74) is 10.1. The first-order valence-electron chi connectivity index (χ1n) is 22.4. The van der Waals surface area contributed by atoms with Gasteiger partial charge >= 0.3 is 5.97 Å². The van der Waals surface area contributed by atoms with Crippen LogP contribution in [-0.4, -0.2) is 140 Å². The van der Waals surface area contributed by atoms with Crippen LogP contribution in [0.5, 0.6) is 0 Å². The van der Waals surface area contributed by atoms with E-state index >= 15 is 0 Å². The molecule has 2 unspecified atom stereocenters. The van der Waals surface area contributed by atoms with Crippen LogP contribution in [0.4, 0.5) is 5.69 Å². The van der Waals surface area contributed by atoms with Crippen molar-refractivity contribution in [2.45, 2.75) is 122 Å². The van der Waals surface area contributed by atoms with Crippen molar-refractivity contribution in [1.82, 2.24) is 24.8 Å². The summed E-state index contributed by atoms with van der Waals surface area (Å²) in [6, 6.07) is 15.1. The minimum atomic E-state index is -1.27. The van der Waals surface area contributed by atoms with E-state index in [9.17, 15) is 30.0 Å². The Bertz CT molecular complexity index is 2010. The number of nitrogens with two attached hydrogens (primary N) is 1. The molecule has 0 spiro atoms. The van der Waals surface area contributed by atoms with Crippen molar-refractivity contribution in [2.24, 2.45) is 23.7 Å². The Balaban J connectivity index is 1.51. The van der Waals surface area contributed by atoms with Crippen LogP contribution >= 0.6 is 22.6 Å². The zero-order chi connectivity index (χ0) is 46.7. The lowest BCUT2D eigenvalue weighted by molar-refractivity contribution is -0.304. The van der Waals surface area contributed by atoms with Gasteiger partial charge in [-0.15, -0.1) is 5.10 Å². The second kappa shape index (κ2) is 24.3. The second-order valence-electron chi connectivity index (χ2n) is 17.9. The molecule has 12 atom stereocenters. The number of aromatic nitrogens is 3. The molecule has 1 aromatic heterocycles. The fourth-order valence-corrected chi connectivity index (χ4v) is 9.16. The minimum absolute atomic E-state index is 0.105. The number of carbonyl (C=O) groups is 2. The lowest BCUT2D eigenvalue weighted by atomic mass is 9.79. The molecule has 0 aliphatic carbocycles. The summed E-state index contributed by atoms with van der Waals surface area (Å²) in [6.45, 7) is 11.1. The molecule has 16 heteroatoms. The first-order valence-corrected chi connectivity index (χ1v) is 23.5. The number of ether oxygens (including phenoxy) is 3. The molecular formula is C48H69IN6O9. The predicted molar refractivity (Wildman–Crippen MR) is 253 cm³/mol. The molecule has 1 saturated heterocycles. The Morgan fingerprint density at radius 1 is 1.02 bits per heavy atom. The lowest BCUT2D eigenvalue weighted by Gasteiger charge is -2.46. The molecule has 2 aliphatic heterocycles. The van der Waals surface area contributed by atoms with Crippen molar-refractivity contribution in [1.29, 1.82) is 0 Å². The molecule has 1 fully saturated rings. The number of aliphatic hydroxyl groups excluding tert-OH is 4. The van der Waals surface area contributed by atoms with Gasteiger partial charge in [-0.2, -0.15) is 0 Å². The molecule has 0 bridgehead atoms. The quantitative estimate of drug-likeness (QED) is 0.0833. The van der Waals surface area contributed by atoms with E-state index < -0.39 is 78.6 Å². The van der Waals surface area contributed by atoms with Crippen LogP contribution in [0, 0.1) is 27.2 Å². The van der Waals surface area contributed by atoms with Gasteiger partial charge in [0.15, 0.2) is 12.1 Å². The predicted octanol–water partition coefficient (Wildman–Crippen LogP) is 4.85. The molecule has 3 heterocycles. The van der Waals surface area contributed by atoms with Crippen molar-refractivity contribution in [3.63, 3.8) is 0 Å². The fraction of sp³-hybridized carbons (Fsp3) is 0.583. The normalized spacial score (nSPS) is 31.4. The van der Waals surface area contributed by atoms with E-state index in [2.05, 4.69) is 62.1 Å². The average molecular weight is 1000 g/mol. The number of carbonyl (C=O) groups excluding carboxylic acids is 2. The highest BCUT2D eigenvalue weighted by Crippen LogP contribution is 2.35. The number of cyclic esters (lactones) is 1. The Hall–Kier alpha value is -3.59. The Labute approximate surface area is 391 Å². The van der Waals surface area contributed by atoms with Crippen molar-refractivity contribution >= 4 is 40.0 Å². The number of ketones is 1. The van der Waals surface area contributed by atoms with Gasteiger partial charge in [0, 0.05) is 45.7 Å². The Morgan fingerprint density at radius 3 is 2.42 bits per heavy atom. The summed E-state index contributed by atoms with van der Waals surface area (Å²) in [5, 5.41) is 53.8. The number of halogens is 1. The standard InChI is InChI=1S/C48H69IN6O9/c1-8-42-36(28-56)22-29(2)12-17-40(57)30(3)23-35(47(31(4)41(58)25-43(59)63-42)64-48-46(61)44(53(6)7)45(60)32(5)62-48)18-19-54(26-33-13-15-37(49)16-14-33)20-21-55-27-39(51-52-55)34-10-9-11-38(50)24-34/h9-17,22,24,27,30-32,35-36,41-42,44-48,56,58,60-61H,8,18-21,23,25-26,28,50H2,1-7H3/b17-12+,29-22+/t30-,31+,32-,35+,36-,41-,42-,44?,45-,46?,47-,48+/m1/s1. The summed E-state index contributed by atoms with van der Waals surface area (Å²) in [7, 11) is 3.53. The summed E-state index contributed by atoms with van der Waals surface area (Å²) in [6.07, 6.45) is 0.959. The number of aliphatic hydroxyl groups is 4. The van der Waals surface area contributed by atoms with Crippen molar-refractivity contribution < 1.29 is 44.2 Å². The first kappa shape index (κ1) is 51.4. The van der Waals surface area contributed by atoms with Crippen molar-refractivity contribution in [3.8, 4) is 11.3 Å². The third-order valence-electron chi connectivity index (χ3n) is 12.7. The van der Waals surface area contributed by atoms with Gasteiger partial charge in [-0.3, -0.25) is 19.2 Å². The SMILES string of the molecule is CC[C@H]1OC(=O)C[C@@H](O)[C@H](C)[C@@H](O[C@@H]2O[C@H](C)[C@@H](O)C(N(C)C)C2O)[C@@H](CCN(CCn2cc(-c3cccc(N)c3)nn2)Cc2ccc(I)cc2)C[C@@H](C)C(=O)/C=C/C(C)=C/[C@@H]1CO. The van der Waals surface area contributed by atoms with E-state index in [1.165, 1.54) is 0 Å². The number of rotatable bonds is 14. The smallest absolute Gasteiger partial charge is 0.308 e. The van der Waals surface area contributed by atoms with E-state index in [0.29, 0.717) is 56.8 Å². The monoisotopic (exact) mass is 1000 g/mol. The van der Waals surface area contributed by atoms with E-state index in [1.807, 2.05) is 62.0 Å². The van der Waals surface area contributed by atoms with Crippen molar-refractivity contribution in [2.75, 3.05) is 39.5 Å². The van der Waals surface area contributed by atoms with Gasteiger partial charge in [-0.05, 0) is 118 Å². The van der Waals surface area contributed by atoms with Crippen LogP contribution in [0.2, 0.25) is 0 Å². The number of allylic oxidation sites excluding steroid dienone is 3. The molecule has 15 nitrogen and oxygen atoms in total. The van der Waals surface area contributed by atoms with Crippen LogP contribution in [0.25, 0.3) is 11.3 Å². The minimum Gasteiger partial charge on any atom is -0.462 e. The van der Waals surface area contributed by atoms with E-state index in [-0.39, 0.29) is 18.8 Å². The van der Waals surface area contributed by atoms with Gasteiger partial charge < -0.3 is 45.3 Å². The molecule has 0 radical (unpaired) electrons. The molecule has 352 valence electrons. The summed E-state index contributed by atoms with van der Waals surface area (Å²) < 4.78 is 21.8. The Kier molecular flexibility index (Phi) is 19.5. The topological polar surface area (TPSA) is 206 Å². The van der Waals surface area contributed by atoms with E-state index in [4.69, 9.17) is 19.9 Å². The zero-order valence-corrected chi connectivity index (χ0v) is 40.4.